The van der Waals surface area contributed by atoms with Crippen molar-refractivity contribution in [2.45, 2.75) is 32.1 Å². The summed E-state index contributed by atoms with van der Waals surface area (Å²) in [7, 11) is 0. The Morgan fingerprint density at radius 3 is 2.53 bits per heavy atom. The van der Waals surface area contributed by atoms with Gasteiger partial charge in [-0.2, -0.15) is 0 Å². The molecule has 1 aliphatic rings. The molecule has 0 radical (unpaired) electrons. The van der Waals surface area contributed by atoms with Gasteiger partial charge in [0.1, 0.15) is 0 Å². The van der Waals surface area contributed by atoms with Gasteiger partial charge in [0.25, 0.3) is 5.56 Å². The standard InChI is InChI=1S/C16H17NO2/c18-15-11-10-12-6-4-5-9-14(12)17(15)16(19)13-7-2-1-3-8-13/h4-6,9-11,13H,1-3,7-8H2. The van der Waals surface area contributed by atoms with Crippen LogP contribution in [0.3, 0.4) is 0 Å². The zero-order valence-electron chi connectivity index (χ0n) is 10.8. The largest absolute Gasteiger partial charge is 0.274 e. The Morgan fingerprint density at radius 1 is 1.00 bits per heavy atom. The van der Waals surface area contributed by atoms with Crippen LogP contribution in [-0.4, -0.2) is 10.5 Å². The molecule has 0 atom stereocenters. The van der Waals surface area contributed by atoms with Gasteiger partial charge in [-0.15, -0.1) is 0 Å². The molecule has 1 heterocycles. The predicted molar refractivity (Wildman–Crippen MR) is 75.4 cm³/mol. The van der Waals surface area contributed by atoms with Crippen molar-refractivity contribution in [3.63, 3.8) is 0 Å². The van der Waals surface area contributed by atoms with Gasteiger partial charge in [0.2, 0.25) is 5.91 Å². The lowest BCUT2D eigenvalue weighted by atomic mass is 9.88. The fourth-order valence-corrected chi connectivity index (χ4v) is 2.95. The summed E-state index contributed by atoms with van der Waals surface area (Å²) in [6, 6.07) is 10.8. The topological polar surface area (TPSA) is 39.1 Å². The highest BCUT2D eigenvalue weighted by Crippen LogP contribution is 2.25. The Hall–Kier alpha value is -1.90. The van der Waals surface area contributed by atoms with Gasteiger partial charge in [-0.1, -0.05) is 37.5 Å². The highest BCUT2D eigenvalue weighted by Gasteiger charge is 2.24. The van der Waals surface area contributed by atoms with E-state index in [1.54, 1.807) is 6.07 Å². The van der Waals surface area contributed by atoms with Crippen molar-refractivity contribution in [3.8, 4) is 0 Å². The third-order valence-corrected chi connectivity index (χ3v) is 3.98. The lowest BCUT2D eigenvalue weighted by molar-refractivity contribution is 0.0803. The number of hydrogen-bond acceptors (Lipinski definition) is 2. The van der Waals surface area contributed by atoms with Crippen LogP contribution in [0.15, 0.2) is 41.2 Å². The van der Waals surface area contributed by atoms with Crippen LogP contribution in [0.5, 0.6) is 0 Å². The number of benzene rings is 1. The number of fused-ring (bicyclic) bond motifs is 1. The van der Waals surface area contributed by atoms with Gasteiger partial charge in [-0.05, 0) is 30.4 Å². The Balaban J connectivity index is 2.10. The number of carbonyl (C=O) groups is 1. The molecule has 19 heavy (non-hydrogen) atoms. The number of aromatic nitrogens is 1. The van der Waals surface area contributed by atoms with Crippen LogP contribution in [0.25, 0.3) is 10.9 Å². The van der Waals surface area contributed by atoms with Gasteiger partial charge in [-0.3, -0.25) is 9.59 Å². The van der Waals surface area contributed by atoms with Gasteiger partial charge >= 0.3 is 0 Å². The molecule has 2 aromatic rings. The van der Waals surface area contributed by atoms with Crippen molar-refractivity contribution in [1.82, 2.24) is 4.57 Å². The van der Waals surface area contributed by atoms with Gasteiger partial charge in [0.05, 0.1) is 5.52 Å². The highest BCUT2D eigenvalue weighted by atomic mass is 16.2. The number of nitrogens with zero attached hydrogens (tertiary/aromatic N) is 1. The second-order valence-electron chi connectivity index (χ2n) is 5.24. The van der Waals surface area contributed by atoms with Gasteiger partial charge in [0, 0.05) is 12.0 Å². The molecule has 3 nitrogen and oxygen atoms in total. The monoisotopic (exact) mass is 255 g/mol. The zero-order chi connectivity index (χ0) is 13.2. The van der Waals surface area contributed by atoms with Crippen molar-refractivity contribution in [3.05, 3.63) is 46.8 Å². The first-order valence-corrected chi connectivity index (χ1v) is 6.92. The summed E-state index contributed by atoms with van der Waals surface area (Å²) in [5.74, 6) is -0.0150. The average Bonchev–Trinajstić information content (AvgIpc) is 2.47. The van der Waals surface area contributed by atoms with Gasteiger partial charge in [-0.25, -0.2) is 4.57 Å². The second kappa shape index (κ2) is 5.00. The fraction of sp³-hybridized carbons (Fsp3) is 0.375. The molecule has 0 unspecified atom stereocenters. The molecular formula is C16H17NO2. The molecule has 0 amide bonds. The summed E-state index contributed by atoms with van der Waals surface area (Å²) in [6.07, 6.45) is 5.21. The maximum Gasteiger partial charge on any atom is 0.257 e. The molecular weight excluding hydrogens is 238 g/mol. The van der Waals surface area contributed by atoms with Crippen LogP contribution in [0.2, 0.25) is 0 Å². The van der Waals surface area contributed by atoms with Gasteiger partial charge in [0.15, 0.2) is 0 Å². The number of hydrogen-bond donors (Lipinski definition) is 0. The minimum absolute atomic E-state index is 0.0113. The Morgan fingerprint density at radius 2 is 1.74 bits per heavy atom. The van der Waals surface area contributed by atoms with Crippen molar-refractivity contribution in [1.29, 1.82) is 0 Å². The average molecular weight is 255 g/mol. The van der Waals surface area contributed by atoms with Crippen molar-refractivity contribution in [2.75, 3.05) is 0 Å². The van der Waals surface area contributed by atoms with E-state index < -0.39 is 0 Å². The number of pyridine rings is 1. The molecule has 3 rings (SSSR count). The second-order valence-corrected chi connectivity index (χ2v) is 5.24. The minimum Gasteiger partial charge on any atom is -0.274 e. The van der Waals surface area contributed by atoms with Gasteiger partial charge < -0.3 is 0 Å². The molecule has 0 spiro atoms. The maximum atomic E-state index is 12.6. The Bertz CT molecular complexity index is 666. The van der Waals surface area contributed by atoms with E-state index >= 15 is 0 Å². The summed E-state index contributed by atoms with van der Waals surface area (Å²) in [5.41, 5.74) is 0.514. The maximum absolute atomic E-state index is 12.6. The van der Waals surface area contributed by atoms with Crippen LogP contribution in [0.1, 0.15) is 36.9 Å². The van der Waals surface area contributed by atoms with Crippen LogP contribution >= 0.6 is 0 Å². The summed E-state index contributed by atoms with van der Waals surface area (Å²) in [4.78, 5) is 24.7. The van der Waals surface area contributed by atoms with E-state index in [4.69, 9.17) is 0 Å². The van der Waals surface area contributed by atoms with Crippen LogP contribution < -0.4 is 5.56 Å². The van der Waals surface area contributed by atoms with Crippen molar-refractivity contribution >= 4 is 16.8 Å². The normalized spacial score (nSPS) is 16.6. The number of rotatable bonds is 1. The molecule has 3 heteroatoms. The Labute approximate surface area is 111 Å². The molecule has 1 aromatic heterocycles. The highest BCUT2D eigenvalue weighted by molar-refractivity contribution is 5.92. The molecule has 1 aliphatic carbocycles. The number of carbonyl (C=O) groups excluding carboxylic acids is 1. The van der Waals surface area contributed by atoms with E-state index in [0.717, 1.165) is 36.6 Å². The van der Waals surface area contributed by atoms with E-state index in [2.05, 4.69) is 0 Å². The molecule has 98 valence electrons. The molecule has 0 bridgehead atoms. The quantitative estimate of drug-likeness (QED) is 0.784. The predicted octanol–water partition coefficient (Wildman–Crippen LogP) is 3.22. The summed E-state index contributed by atoms with van der Waals surface area (Å²) >= 11 is 0. The van der Waals surface area contributed by atoms with Crippen LogP contribution in [0.4, 0.5) is 0 Å². The lowest BCUT2D eigenvalue weighted by Gasteiger charge is -2.21. The molecule has 1 saturated carbocycles. The first kappa shape index (κ1) is 12.2. The molecule has 0 saturated heterocycles. The van der Waals surface area contributed by atoms with E-state index in [1.807, 2.05) is 24.3 Å². The summed E-state index contributed by atoms with van der Waals surface area (Å²) < 4.78 is 1.37. The lowest BCUT2D eigenvalue weighted by Crippen LogP contribution is -2.32. The number of para-hydroxylation sites is 1. The van der Waals surface area contributed by atoms with Crippen LogP contribution in [0, 0.1) is 5.92 Å². The van der Waals surface area contributed by atoms with E-state index in [-0.39, 0.29) is 17.4 Å². The summed E-state index contributed by atoms with van der Waals surface area (Å²) in [5, 5.41) is 0.936. The minimum atomic E-state index is -0.214. The summed E-state index contributed by atoms with van der Waals surface area (Å²) in [6.45, 7) is 0. The SMILES string of the molecule is O=C(C1CCCCC1)n1c(=O)ccc2ccccc21. The van der Waals surface area contributed by atoms with Crippen molar-refractivity contribution in [2.24, 2.45) is 5.92 Å². The van der Waals surface area contributed by atoms with E-state index in [1.165, 1.54) is 17.1 Å². The molecule has 1 fully saturated rings. The van der Waals surface area contributed by atoms with E-state index in [0.29, 0.717) is 0 Å². The first-order chi connectivity index (χ1) is 9.27. The molecule has 0 aliphatic heterocycles. The Kier molecular flexibility index (Phi) is 3.20. The van der Waals surface area contributed by atoms with Crippen LogP contribution in [-0.2, 0) is 0 Å². The zero-order valence-corrected chi connectivity index (χ0v) is 10.8. The van der Waals surface area contributed by atoms with E-state index in [9.17, 15) is 9.59 Å². The third kappa shape index (κ3) is 2.21. The first-order valence-electron chi connectivity index (χ1n) is 6.92. The third-order valence-electron chi connectivity index (χ3n) is 3.98. The smallest absolute Gasteiger partial charge is 0.257 e. The molecule has 0 N–H and O–H groups in total. The molecule has 1 aromatic carbocycles. The van der Waals surface area contributed by atoms with Crippen molar-refractivity contribution < 1.29 is 4.79 Å². The fourth-order valence-electron chi connectivity index (χ4n) is 2.95.